The Hall–Kier alpha value is -0.140. The van der Waals surface area contributed by atoms with Crippen LogP contribution in [-0.2, 0) is 10.0 Å². The zero-order valence-corrected chi connectivity index (χ0v) is 15.2. The first-order chi connectivity index (χ1) is 9.32. The van der Waals surface area contributed by atoms with Gasteiger partial charge >= 0.3 is 0 Å². The monoisotopic (exact) mass is 407 g/mol. The number of piperidine rings is 1. The molecule has 0 aromatic heterocycles. The van der Waals surface area contributed by atoms with Gasteiger partial charge in [-0.2, -0.15) is 4.31 Å². The van der Waals surface area contributed by atoms with Crippen LogP contribution >= 0.6 is 22.6 Å². The molecule has 0 N–H and O–H groups in total. The van der Waals surface area contributed by atoms with Gasteiger partial charge in [0.05, 0.1) is 4.90 Å². The number of hydrogen-bond acceptors (Lipinski definition) is 2. The van der Waals surface area contributed by atoms with Gasteiger partial charge < -0.3 is 0 Å². The van der Waals surface area contributed by atoms with Crippen molar-refractivity contribution in [2.75, 3.05) is 6.54 Å². The molecule has 1 aliphatic heterocycles. The molecule has 2 rings (SSSR count). The Morgan fingerprint density at radius 2 is 1.85 bits per heavy atom. The maximum atomic E-state index is 12.8. The lowest BCUT2D eigenvalue weighted by Gasteiger charge is -2.39. The Labute approximate surface area is 135 Å². The number of aryl methyl sites for hydroxylation is 1. The summed E-state index contributed by atoms with van der Waals surface area (Å²) < 4.78 is 28.0. The Bertz CT molecular complexity index is 554. The molecule has 0 saturated carbocycles. The van der Waals surface area contributed by atoms with Crippen LogP contribution in [0.5, 0.6) is 0 Å². The van der Waals surface area contributed by atoms with E-state index < -0.39 is 10.0 Å². The highest BCUT2D eigenvalue weighted by Gasteiger charge is 2.37. The van der Waals surface area contributed by atoms with Crippen molar-refractivity contribution < 1.29 is 8.42 Å². The molecule has 0 amide bonds. The lowest BCUT2D eigenvalue weighted by molar-refractivity contribution is 0.210. The molecule has 2 atom stereocenters. The normalized spacial score (nSPS) is 25.1. The molecule has 0 aliphatic carbocycles. The second kappa shape index (κ2) is 6.32. The van der Waals surface area contributed by atoms with E-state index in [9.17, 15) is 8.42 Å². The van der Waals surface area contributed by atoms with Gasteiger partial charge in [-0.1, -0.05) is 54.1 Å². The quantitative estimate of drug-likeness (QED) is 0.567. The molecule has 20 heavy (non-hydrogen) atoms. The first-order valence-corrected chi connectivity index (χ1v) is 9.73. The first-order valence-electron chi connectivity index (χ1n) is 7.05. The van der Waals surface area contributed by atoms with Gasteiger partial charge in [0.25, 0.3) is 0 Å². The number of rotatable bonds is 3. The molecule has 1 saturated heterocycles. The summed E-state index contributed by atoms with van der Waals surface area (Å²) >= 11 is 2.44. The van der Waals surface area contributed by atoms with Crippen LogP contribution in [0.1, 0.15) is 32.3 Å². The molecule has 1 fully saturated rings. The fourth-order valence-electron chi connectivity index (χ4n) is 2.68. The Morgan fingerprint density at radius 1 is 1.25 bits per heavy atom. The van der Waals surface area contributed by atoms with Crippen LogP contribution in [0.2, 0.25) is 0 Å². The zero-order chi connectivity index (χ0) is 14.9. The van der Waals surface area contributed by atoms with E-state index in [0.717, 1.165) is 18.4 Å². The molecule has 112 valence electrons. The molecular weight excluding hydrogens is 385 g/mol. The molecule has 1 aromatic rings. The van der Waals surface area contributed by atoms with Crippen molar-refractivity contribution in [1.29, 1.82) is 0 Å². The summed E-state index contributed by atoms with van der Waals surface area (Å²) in [5.74, 6) is 0.341. The van der Waals surface area contributed by atoms with Crippen LogP contribution in [0.15, 0.2) is 29.2 Å². The van der Waals surface area contributed by atoms with Gasteiger partial charge in [-0.15, -0.1) is 0 Å². The molecule has 0 unspecified atom stereocenters. The van der Waals surface area contributed by atoms with Gasteiger partial charge in [-0.05, 0) is 37.8 Å². The fourth-order valence-corrected chi connectivity index (χ4v) is 5.26. The highest BCUT2D eigenvalue weighted by atomic mass is 127. The smallest absolute Gasteiger partial charge is 0.207 e. The molecule has 1 heterocycles. The fraction of sp³-hybridized carbons (Fsp3) is 0.600. The first kappa shape index (κ1) is 16.2. The largest absolute Gasteiger partial charge is 0.243 e. The summed E-state index contributed by atoms with van der Waals surface area (Å²) in [6, 6.07) is 7.28. The summed E-state index contributed by atoms with van der Waals surface area (Å²) in [5.41, 5.74) is 1.08. The number of benzene rings is 1. The van der Waals surface area contributed by atoms with Crippen molar-refractivity contribution in [2.45, 2.75) is 48.5 Å². The molecule has 3 nitrogen and oxygen atoms in total. The average molecular weight is 407 g/mol. The van der Waals surface area contributed by atoms with Crippen LogP contribution in [0, 0.1) is 12.8 Å². The highest BCUT2D eigenvalue weighted by molar-refractivity contribution is 14.1. The van der Waals surface area contributed by atoms with Crippen molar-refractivity contribution in [3.05, 3.63) is 29.8 Å². The third-order valence-electron chi connectivity index (χ3n) is 3.93. The molecule has 0 radical (unpaired) electrons. The van der Waals surface area contributed by atoms with Crippen molar-refractivity contribution in [1.82, 2.24) is 4.31 Å². The predicted octanol–water partition coefficient (Wildman–Crippen LogP) is 3.61. The number of halogens is 1. The number of hydrogen-bond donors (Lipinski definition) is 0. The Morgan fingerprint density at radius 3 is 2.40 bits per heavy atom. The lowest BCUT2D eigenvalue weighted by Crippen LogP contribution is -2.48. The standard InChI is InChI=1S/C15H22INO2S/c1-11(2)15-10-13(16)8-9-17(15)20(18,19)14-6-4-12(3)5-7-14/h4-7,11,13,15H,8-10H2,1-3H3/t13-,15-/m0/s1. The summed E-state index contributed by atoms with van der Waals surface area (Å²) in [6.45, 7) is 6.82. The van der Waals surface area contributed by atoms with E-state index in [1.807, 2.05) is 19.1 Å². The average Bonchev–Trinajstić information content (AvgIpc) is 2.38. The van der Waals surface area contributed by atoms with E-state index in [0.29, 0.717) is 21.3 Å². The third kappa shape index (κ3) is 3.36. The van der Waals surface area contributed by atoms with Crippen LogP contribution in [-0.4, -0.2) is 29.2 Å². The minimum atomic E-state index is -3.37. The third-order valence-corrected chi connectivity index (χ3v) is 7.00. The van der Waals surface area contributed by atoms with Gasteiger partial charge in [0.1, 0.15) is 0 Å². The molecule has 0 bridgehead atoms. The molecule has 0 spiro atoms. The van der Waals surface area contributed by atoms with Gasteiger partial charge in [-0.3, -0.25) is 0 Å². The molecule has 5 heteroatoms. The maximum Gasteiger partial charge on any atom is 0.243 e. The van der Waals surface area contributed by atoms with Crippen LogP contribution in [0.3, 0.4) is 0 Å². The topological polar surface area (TPSA) is 37.4 Å². The summed E-state index contributed by atoms with van der Waals surface area (Å²) in [4.78, 5) is 0.417. The lowest BCUT2D eigenvalue weighted by atomic mass is 9.95. The van der Waals surface area contributed by atoms with Gasteiger partial charge in [0.2, 0.25) is 10.0 Å². The summed E-state index contributed by atoms with van der Waals surface area (Å²) in [6.07, 6.45) is 1.89. The van der Waals surface area contributed by atoms with Crippen molar-refractivity contribution in [3.63, 3.8) is 0 Å². The molecule has 1 aliphatic rings. The number of sulfonamides is 1. The molecular formula is C15H22INO2S. The molecule has 1 aromatic carbocycles. The van der Waals surface area contributed by atoms with Crippen LogP contribution in [0.4, 0.5) is 0 Å². The number of alkyl halides is 1. The predicted molar refractivity (Wildman–Crippen MR) is 90.7 cm³/mol. The van der Waals surface area contributed by atoms with E-state index in [2.05, 4.69) is 36.4 Å². The van der Waals surface area contributed by atoms with Crippen molar-refractivity contribution in [2.24, 2.45) is 5.92 Å². The van der Waals surface area contributed by atoms with Gasteiger partial charge in [0, 0.05) is 16.5 Å². The summed E-state index contributed by atoms with van der Waals surface area (Å²) in [7, 11) is -3.37. The van der Waals surface area contributed by atoms with Gasteiger partial charge in [0.15, 0.2) is 0 Å². The minimum absolute atomic E-state index is 0.108. The maximum absolute atomic E-state index is 12.8. The van der Waals surface area contributed by atoms with Crippen molar-refractivity contribution in [3.8, 4) is 0 Å². The van der Waals surface area contributed by atoms with Crippen LogP contribution < -0.4 is 0 Å². The zero-order valence-electron chi connectivity index (χ0n) is 12.2. The Kier molecular flexibility index (Phi) is 5.13. The van der Waals surface area contributed by atoms with Gasteiger partial charge in [-0.25, -0.2) is 8.42 Å². The number of nitrogens with zero attached hydrogens (tertiary/aromatic N) is 1. The van der Waals surface area contributed by atoms with E-state index in [-0.39, 0.29) is 6.04 Å². The highest BCUT2D eigenvalue weighted by Crippen LogP contribution is 2.32. The van der Waals surface area contributed by atoms with E-state index >= 15 is 0 Å². The second-order valence-electron chi connectivity index (χ2n) is 5.86. The minimum Gasteiger partial charge on any atom is -0.207 e. The SMILES string of the molecule is Cc1ccc(S(=O)(=O)N2CC[C@H](I)C[C@H]2C(C)C)cc1. The van der Waals surface area contributed by atoms with Crippen LogP contribution in [0.25, 0.3) is 0 Å². The second-order valence-corrected chi connectivity index (χ2v) is 9.51. The van der Waals surface area contributed by atoms with Crippen molar-refractivity contribution >= 4 is 32.6 Å². The Balaban J connectivity index is 2.34. The van der Waals surface area contributed by atoms with E-state index in [4.69, 9.17) is 0 Å². The summed E-state index contributed by atoms with van der Waals surface area (Å²) in [5, 5.41) is 0. The van der Waals surface area contributed by atoms with E-state index in [1.165, 1.54) is 0 Å². The van der Waals surface area contributed by atoms with E-state index in [1.54, 1.807) is 16.4 Å².